The topological polar surface area (TPSA) is 61.5 Å². The number of rotatable bonds is 3. The van der Waals surface area contributed by atoms with Crippen molar-refractivity contribution in [2.75, 3.05) is 12.8 Å². The number of anilines is 1. The van der Waals surface area contributed by atoms with Crippen LogP contribution in [0.3, 0.4) is 0 Å². The molecule has 0 radical (unpaired) electrons. The van der Waals surface area contributed by atoms with Crippen molar-refractivity contribution in [1.82, 2.24) is 0 Å². The molecule has 0 aliphatic carbocycles. The maximum absolute atomic E-state index is 11.5. The maximum atomic E-state index is 11.5. The van der Waals surface area contributed by atoms with Crippen molar-refractivity contribution in [3.05, 3.63) is 23.8 Å². The molecular formula is C14H23NO3Si. The highest BCUT2D eigenvalue weighted by molar-refractivity contribution is 6.74. The Morgan fingerprint density at radius 2 is 1.84 bits per heavy atom. The predicted octanol–water partition coefficient (Wildman–Crippen LogP) is 3.44. The summed E-state index contributed by atoms with van der Waals surface area (Å²) in [5.41, 5.74) is 6.92. The third-order valence-electron chi connectivity index (χ3n) is 3.61. The molecule has 0 bridgehead atoms. The van der Waals surface area contributed by atoms with Crippen LogP contribution < -0.4 is 10.2 Å². The molecule has 1 aromatic rings. The predicted molar refractivity (Wildman–Crippen MR) is 80.0 cm³/mol. The van der Waals surface area contributed by atoms with Gasteiger partial charge in [0, 0.05) is 0 Å². The first-order chi connectivity index (χ1) is 8.58. The standard InChI is InChI=1S/C14H23NO3Si/c1-14(2,3)19(5,6)18-12-9-10(13(16)17-4)7-8-11(12)15/h7-9H,15H2,1-6H3. The van der Waals surface area contributed by atoms with Gasteiger partial charge >= 0.3 is 5.97 Å². The van der Waals surface area contributed by atoms with E-state index in [9.17, 15) is 4.79 Å². The second-order valence-electron chi connectivity index (χ2n) is 6.11. The fourth-order valence-electron chi connectivity index (χ4n) is 1.30. The van der Waals surface area contributed by atoms with Crippen molar-refractivity contribution in [3.8, 4) is 5.75 Å². The molecule has 0 spiro atoms. The Balaban J connectivity index is 3.11. The molecule has 0 aliphatic heterocycles. The SMILES string of the molecule is COC(=O)c1ccc(N)c(O[Si](C)(C)C(C)(C)C)c1. The molecule has 2 N–H and O–H groups in total. The van der Waals surface area contributed by atoms with Crippen LogP contribution in [0.1, 0.15) is 31.1 Å². The number of carbonyl (C=O) groups excluding carboxylic acids is 1. The molecular weight excluding hydrogens is 258 g/mol. The third kappa shape index (κ3) is 3.50. The zero-order chi connectivity index (χ0) is 14.8. The summed E-state index contributed by atoms with van der Waals surface area (Å²) in [5, 5.41) is 0.0701. The van der Waals surface area contributed by atoms with Crippen molar-refractivity contribution in [2.45, 2.75) is 38.9 Å². The van der Waals surface area contributed by atoms with Gasteiger partial charge < -0.3 is 14.9 Å². The van der Waals surface area contributed by atoms with Crippen LogP contribution in [0.15, 0.2) is 18.2 Å². The lowest BCUT2D eigenvalue weighted by Crippen LogP contribution is -2.44. The van der Waals surface area contributed by atoms with Crippen LogP contribution in [0.5, 0.6) is 5.75 Å². The maximum Gasteiger partial charge on any atom is 0.337 e. The number of nitrogens with two attached hydrogens (primary N) is 1. The van der Waals surface area contributed by atoms with E-state index < -0.39 is 8.32 Å². The zero-order valence-corrected chi connectivity index (χ0v) is 13.5. The molecule has 0 aliphatic rings. The summed E-state index contributed by atoms with van der Waals surface area (Å²) < 4.78 is 10.8. The molecule has 106 valence electrons. The zero-order valence-electron chi connectivity index (χ0n) is 12.5. The number of methoxy groups -OCH3 is 1. The van der Waals surface area contributed by atoms with Gasteiger partial charge in [0.1, 0.15) is 5.75 Å². The summed E-state index contributed by atoms with van der Waals surface area (Å²) in [7, 11) is -0.623. The van der Waals surface area contributed by atoms with E-state index in [1.54, 1.807) is 18.2 Å². The van der Waals surface area contributed by atoms with Crippen LogP contribution in [0, 0.1) is 0 Å². The first kappa shape index (κ1) is 15.6. The van der Waals surface area contributed by atoms with Gasteiger partial charge in [0.25, 0.3) is 8.32 Å². The molecule has 0 saturated carbocycles. The highest BCUT2D eigenvalue weighted by Crippen LogP contribution is 2.38. The van der Waals surface area contributed by atoms with E-state index in [2.05, 4.69) is 33.9 Å². The molecule has 0 unspecified atom stereocenters. The average molecular weight is 281 g/mol. The Hall–Kier alpha value is -1.49. The molecule has 5 heteroatoms. The molecule has 19 heavy (non-hydrogen) atoms. The Morgan fingerprint density at radius 3 is 2.32 bits per heavy atom. The lowest BCUT2D eigenvalue weighted by molar-refractivity contribution is 0.0600. The average Bonchev–Trinajstić information content (AvgIpc) is 2.29. The van der Waals surface area contributed by atoms with Crippen LogP contribution in [-0.4, -0.2) is 21.4 Å². The molecule has 0 fully saturated rings. The van der Waals surface area contributed by atoms with Gasteiger partial charge in [-0.3, -0.25) is 0 Å². The summed E-state index contributed by atoms with van der Waals surface area (Å²) in [6, 6.07) is 4.97. The van der Waals surface area contributed by atoms with Crippen molar-refractivity contribution >= 4 is 20.0 Å². The number of benzene rings is 1. The molecule has 1 rings (SSSR count). The van der Waals surface area contributed by atoms with Gasteiger partial charge in [0.05, 0.1) is 18.4 Å². The van der Waals surface area contributed by atoms with E-state index in [0.29, 0.717) is 17.0 Å². The number of carbonyl (C=O) groups is 1. The van der Waals surface area contributed by atoms with Gasteiger partial charge in [0.15, 0.2) is 0 Å². The summed E-state index contributed by atoms with van der Waals surface area (Å²) in [6.45, 7) is 10.7. The first-order valence-electron chi connectivity index (χ1n) is 6.25. The fraction of sp³-hybridized carbons (Fsp3) is 0.500. The van der Waals surface area contributed by atoms with E-state index >= 15 is 0 Å². The number of hydrogen-bond donors (Lipinski definition) is 1. The number of hydrogen-bond acceptors (Lipinski definition) is 4. The summed E-state index contributed by atoms with van der Waals surface area (Å²) in [5.74, 6) is 0.176. The van der Waals surface area contributed by atoms with Crippen LogP contribution in [0.4, 0.5) is 5.69 Å². The Kier molecular flexibility index (Phi) is 4.30. The molecule has 1 aromatic carbocycles. The Labute approximate surface area is 116 Å². The molecule has 4 nitrogen and oxygen atoms in total. The van der Waals surface area contributed by atoms with Gasteiger partial charge in [-0.2, -0.15) is 0 Å². The van der Waals surface area contributed by atoms with E-state index in [1.807, 2.05) is 0 Å². The minimum absolute atomic E-state index is 0.0701. The van der Waals surface area contributed by atoms with E-state index in [1.165, 1.54) is 7.11 Å². The van der Waals surface area contributed by atoms with E-state index in [-0.39, 0.29) is 11.0 Å². The third-order valence-corrected chi connectivity index (χ3v) is 7.95. The van der Waals surface area contributed by atoms with E-state index in [4.69, 9.17) is 14.9 Å². The van der Waals surface area contributed by atoms with Crippen molar-refractivity contribution < 1.29 is 14.0 Å². The van der Waals surface area contributed by atoms with Gasteiger partial charge in [0.2, 0.25) is 0 Å². The second-order valence-corrected chi connectivity index (χ2v) is 10.8. The largest absolute Gasteiger partial charge is 0.542 e. The molecule has 0 amide bonds. The fourth-order valence-corrected chi connectivity index (χ4v) is 2.33. The number of esters is 1. The highest BCUT2D eigenvalue weighted by Gasteiger charge is 2.39. The van der Waals surface area contributed by atoms with Gasteiger partial charge in [-0.25, -0.2) is 4.79 Å². The minimum Gasteiger partial charge on any atom is -0.542 e. The van der Waals surface area contributed by atoms with Crippen LogP contribution in [-0.2, 0) is 4.74 Å². The van der Waals surface area contributed by atoms with Crippen molar-refractivity contribution in [3.63, 3.8) is 0 Å². The first-order valence-corrected chi connectivity index (χ1v) is 9.16. The Morgan fingerprint density at radius 1 is 1.26 bits per heavy atom. The second kappa shape index (κ2) is 5.25. The van der Waals surface area contributed by atoms with Gasteiger partial charge in [-0.15, -0.1) is 0 Å². The lowest BCUT2D eigenvalue weighted by Gasteiger charge is -2.36. The molecule has 0 heterocycles. The lowest BCUT2D eigenvalue weighted by atomic mass is 10.2. The molecule has 0 saturated heterocycles. The number of ether oxygens (including phenoxy) is 1. The number of nitrogen functional groups attached to an aromatic ring is 1. The smallest absolute Gasteiger partial charge is 0.337 e. The van der Waals surface area contributed by atoms with Crippen LogP contribution in [0.2, 0.25) is 18.1 Å². The molecule has 0 aromatic heterocycles. The monoisotopic (exact) mass is 281 g/mol. The van der Waals surface area contributed by atoms with Crippen LogP contribution >= 0.6 is 0 Å². The van der Waals surface area contributed by atoms with Crippen molar-refractivity contribution in [1.29, 1.82) is 0 Å². The van der Waals surface area contributed by atoms with Crippen molar-refractivity contribution in [2.24, 2.45) is 0 Å². The highest BCUT2D eigenvalue weighted by atomic mass is 28.4. The Bertz CT molecular complexity index is 478. The van der Waals surface area contributed by atoms with E-state index in [0.717, 1.165) is 0 Å². The van der Waals surface area contributed by atoms with Crippen LogP contribution in [0.25, 0.3) is 0 Å². The summed E-state index contributed by atoms with van der Waals surface area (Å²) >= 11 is 0. The van der Waals surface area contributed by atoms with Gasteiger partial charge in [-0.1, -0.05) is 20.8 Å². The summed E-state index contributed by atoms with van der Waals surface area (Å²) in [4.78, 5) is 11.5. The minimum atomic E-state index is -1.98. The quantitative estimate of drug-likeness (QED) is 0.524. The normalized spacial score (nSPS) is 12.1. The van der Waals surface area contributed by atoms with Gasteiger partial charge in [-0.05, 0) is 36.3 Å². The summed E-state index contributed by atoms with van der Waals surface area (Å²) in [6.07, 6.45) is 0. The molecule has 0 atom stereocenters.